The zero-order chi connectivity index (χ0) is 18.3. The van der Waals surface area contributed by atoms with Gasteiger partial charge in [-0.25, -0.2) is 17.9 Å². The molecule has 0 saturated carbocycles. The fourth-order valence-corrected chi connectivity index (χ4v) is 3.12. The minimum Gasteiger partial charge on any atom is -0.462 e. The van der Waals surface area contributed by atoms with Crippen molar-refractivity contribution in [3.63, 3.8) is 0 Å². The third-order valence-electron chi connectivity index (χ3n) is 3.28. The van der Waals surface area contributed by atoms with Gasteiger partial charge in [0.05, 0.1) is 22.0 Å². The van der Waals surface area contributed by atoms with E-state index in [-0.39, 0.29) is 41.6 Å². The van der Waals surface area contributed by atoms with E-state index in [0.717, 1.165) is 12.1 Å². The largest absolute Gasteiger partial charge is 0.462 e. The molecule has 0 heterocycles. The average molecular weight is 396 g/mol. The second-order valence-corrected chi connectivity index (χ2v) is 6.75. The molecule has 1 aromatic rings. The van der Waals surface area contributed by atoms with Crippen molar-refractivity contribution < 1.29 is 22.9 Å². The number of halogens is 1. The molecule has 9 nitrogen and oxygen atoms in total. The van der Waals surface area contributed by atoms with E-state index in [2.05, 4.69) is 4.72 Å². The first-order valence-corrected chi connectivity index (χ1v) is 8.88. The first-order valence-electron chi connectivity index (χ1n) is 7.40. The van der Waals surface area contributed by atoms with Gasteiger partial charge < -0.3 is 10.5 Å². The third-order valence-corrected chi connectivity index (χ3v) is 4.72. The summed E-state index contributed by atoms with van der Waals surface area (Å²) in [5, 5.41) is 11.2. The monoisotopic (exact) mass is 395 g/mol. The highest BCUT2D eigenvalue weighted by Crippen LogP contribution is 2.27. The van der Waals surface area contributed by atoms with Gasteiger partial charge in [-0.3, -0.25) is 10.1 Å². The summed E-state index contributed by atoms with van der Waals surface area (Å²) in [6.07, 6.45) is 1.18. The molecule has 142 valence electrons. The van der Waals surface area contributed by atoms with Crippen LogP contribution in [0, 0.1) is 17.0 Å². The van der Waals surface area contributed by atoms with Crippen molar-refractivity contribution >= 4 is 34.1 Å². The van der Waals surface area contributed by atoms with Gasteiger partial charge >= 0.3 is 5.97 Å². The predicted molar refractivity (Wildman–Crippen MR) is 94.5 cm³/mol. The minimum absolute atomic E-state index is 0. The van der Waals surface area contributed by atoms with Gasteiger partial charge in [-0.2, -0.15) is 0 Å². The van der Waals surface area contributed by atoms with Gasteiger partial charge in [-0.1, -0.05) is 0 Å². The number of carbonyl (C=O) groups is 1. The number of nitrogens with one attached hydrogen (secondary N) is 1. The van der Waals surface area contributed by atoms with Crippen LogP contribution in [0.2, 0.25) is 0 Å². The first kappa shape index (κ1) is 23.2. The fourth-order valence-electron chi connectivity index (χ4n) is 2.00. The number of nitrogens with two attached hydrogens (primary N) is 1. The zero-order valence-electron chi connectivity index (χ0n) is 14.0. The lowest BCUT2D eigenvalue weighted by Crippen LogP contribution is -2.26. The highest BCUT2D eigenvalue weighted by atomic mass is 35.5. The van der Waals surface area contributed by atoms with Gasteiger partial charge in [0.15, 0.2) is 0 Å². The summed E-state index contributed by atoms with van der Waals surface area (Å²) in [4.78, 5) is 22.0. The summed E-state index contributed by atoms with van der Waals surface area (Å²) in [6.45, 7) is 3.61. The quantitative estimate of drug-likeness (QED) is 0.279. The zero-order valence-corrected chi connectivity index (χ0v) is 15.6. The highest BCUT2D eigenvalue weighted by Gasteiger charge is 2.26. The van der Waals surface area contributed by atoms with Crippen LogP contribution in [0.25, 0.3) is 0 Å². The van der Waals surface area contributed by atoms with Gasteiger partial charge in [-0.05, 0) is 39.3 Å². The highest BCUT2D eigenvalue weighted by molar-refractivity contribution is 7.89. The van der Waals surface area contributed by atoms with Crippen LogP contribution in [0.5, 0.6) is 0 Å². The lowest BCUT2D eigenvalue weighted by atomic mass is 10.1. The molecule has 0 spiro atoms. The minimum atomic E-state index is -3.99. The summed E-state index contributed by atoms with van der Waals surface area (Å²) >= 11 is 0. The first-order chi connectivity index (χ1) is 11.2. The smallest absolute Gasteiger partial charge is 0.338 e. The summed E-state index contributed by atoms with van der Waals surface area (Å²) in [7, 11) is -3.99. The maximum Gasteiger partial charge on any atom is 0.338 e. The van der Waals surface area contributed by atoms with Crippen molar-refractivity contribution in [3.05, 3.63) is 33.4 Å². The molecule has 25 heavy (non-hydrogen) atoms. The molecule has 0 bridgehead atoms. The van der Waals surface area contributed by atoms with Crippen LogP contribution in [-0.2, 0) is 14.8 Å². The topological polar surface area (TPSA) is 142 Å². The summed E-state index contributed by atoms with van der Waals surface area (Å²) < 4.78 is 31.8. The Labute approximate surface area is 152 Å². The van der Waals surface area contributed by atoms with Gasteiger partial charge in [0.25, 0.3) is 5.69 Å². The maximum absolute atomic E-state index is 12.3. The molecule has 0 saturated heterocycles. The van der Waals surface area contributed by atoms with Crippen molar-refractivity contribution in [1.29, 1.82) is 0 Å². The number of nitro benzene ring substituents is 1. The van der Waals surface area contributed by atoms with Gasteiger partial charge in [0.1, 0.15) is 0 Å². The van der Waals surface area contributed by atoms with Crippen LogP contribution < -0.4 is 10.5 Å². The van der Waals surface area contributed by atoms with E-state index >= 15 is 0 Å². The Hall–Kier alpha value is -1.75. The van der Waals surface area contributed by atoms with E-state index in [1.165, 1.54) is 6.92 Å². The fraction of sp³-hybridized carbons (Fsp3) is 0.500. The van der Waals surface area contributed by atoms with Crippen LogP contribution >= 0.6 is 12.4 Å². The Morgan fingerprint density at radius 1 is 1.36 bits per heavy atom. The molecule has 3 N–H and O–H groups in total. The molecule has 0 radical (unpaired) electrons. The van der Waals surface area contributed by atoms with Crippen LogP contribution in [0.15, 0.2) is 17.0 Å². The normalized spacial score (nSPS) is 10.8. The van der Waals surface area contributed by atoms with Crippen LogP contribution in [-0.4, -0.2) is 39.0 Å². The number of ether oxygens (including phenoxy) is 1. The number of nitro groups is 1. The van der Waals surface area contributed by atoms with Gasteiger partial charge in [0.2, 0.25) is 10.0 Å². The van der Waals surface area contributed by atoms with Crippen molar-refractivity contribution in [2.75, 3.05) is 19.7 Å². The molecule has 0 fully saturated rings. The van der Waals surface area contributed by atoms with Crippen molar-refractivity contribution in [3.8, 4) is 0 Å². The molecule has 0 aromatic heterocycles. The van der Waals surface area contributed by atoms with Gasteiger partial charge in [0, 0.05) is 18.2 Å². The summed E-state index contributed by atoms with van der Waals surface area (Å²) in [6, 6.07) is 2.02. The molecule has 0 unspecified atom stereocenters. The maximum atomic E-state index is 12.3. The second kappa shape index (κ2) is 10.3. The molecule has 0 aliphatic rings. The molecule has 0 aliphatic heterocycles. The van der Waals surface area contributed by atoms with Crippen molar-refractivity contribution in [1.82, 2.24) is 4.72 Å². The summed E-state index contributed by atoms with van der Waals surface area (Å²) in [5.41, 5.74) is 4.79. The Balaban J connectivity index is 0.00000576. The molecule has 1 rings (SSSR count). The number of unbranched alkanes of at least 4 members (excludes halogenated alkanes) is 1. The third kappa shape index (κ3) is 6.24. The second-order valence-electron chi connectivity index (χ2n) is 4.99. The number of esters is 1. The average Bonchev–Trinajstić information content (AvgIpc) is 2.51. The number of sulfonamides is 1. The number of hydrogen-bond donors (Lipinski definition) is 2. The SMILES string of the molecule is CCOC(=O)c1cc(S(=O)(=O)NCCCCN)cc([N+](=O)[O-])c1C.Cl. The number of rotatable bonds is 9. The number of benzene rings is 1. The van der Waals surface area contributed by atoms with E-state index in [9.17, 15) is 23.3 Å². The Bertz CT molecular complexity index is 724. The Morgan fingerprint density at radius 3 is 2.52 bits per heavy atom. The van der Waals surface area contributed by atoms with E-state index < -0.39 is 26.6 Å². The molecule has 11 heteroatoms. The summed E-state index contributed by atoms with van der Waals surface area (Å²) in [5.74, 6) is -0.807. The van der Waals surface area contributed by atoms with Crippen LogP contribution in [0.4, 0.5) is 5.69 Å². The molecule has 0 amide bonds. The number of hydrogen-bond acceptors (Lipinski definition) is 7. The lowest BCUT2D eigenvalue weighted by Gasteiger charge is -2.11. The van der Waals surface area contributed by atoms with Crippen molar-refractivity contribution in [2.45, 2.75) is 31.6 Å². The molecular formula is C14H22ClN3O6S. The van der Waals surface area contributed by atoms with E-state index in [1.807, 2.05) is 0 Å². The number of carbonyl (C=O) groups excluding carboxylic acids is 1. The molecule has 1 aromatic carbocycles. The number of nitrogens with zero attached hydrogens (tertiary/aromatic N) is 1. The van der Waals surface area contributed by atoms with Crippen LogP contribution in [0.1, 0.15) is 35.7 Å². The van der Waals surface area contributed by atoms with E-state index in [1.54, 1.807) is 6.92 Å². The van der Waals surface area contributed by atoms with Crippen LogP contribution in [0.3, 0.4) is 0 Å². The molecule has 0 atom stereocenters. The predicted octanol–water partition coefficient (Wildman–Crippen LogP) is 1.52. The lowest BCUT2D eigenvalue weighted by molar-refractivity contribution is -0.385. The Kier molecular flexibility index (Phi) is 9.57. The van der Waals surface area contributed by atoms with E-state index in [4.69, 9.17) is 10.5 Å². The standard InChI is InChI=1S/C14H21N3O6S.ClH/c1-3-23-14(18)12-8-11(9-13(10(12)2)17(19)20)24(21,22)16-7-5-4-6-15;/h8-9,16H,3-7,15H2,1-2H3;1H. The Morgan fingerprint density at radius 2 is 2.00 bits per heavy atom. The van der Waals surface area contributed by atoms with Crippen molar-refractivity contribution in [2.24, 2.45) is 5.73 Å². The molecular weight excluding hydrogens is 374 g/mol. The van der Waals surface area contributed by atoms with E-state index in [0.29, 0.717) is 19.4 Å². The molecule has 0 aliphatic carbocycles. The van der Waals surface area contributed by atoms with Gasteiger partial charge in [-0.15, -0.1) is 12.4 Å².